The summed E-state index contributed by atoms with van der Waals surface area (Å²) in [6, 6.07) is 0. The number of sulfone groups is 1. The number of hydrogen-bond acceptors (Lipinski definition) is 7. The summed E-state index contributed by atoms with van der Waals surface area (Å²) in [5.74, 6) is -3.62. The molecule has 0 bridgehead atoms. The molecular formula is C13H22O7S. The van der Waals surface area contributed by atoms with Gasteiger partial charge in [0.15, 0.2) is 15.3 Å². The third kappa shape index (κ3) is 3.37. The van der Waals surface area contributed by atoms with Crippen molar-refractivity contribution in [1.82, 2.24) is 0 Å². The van der Waals surface area contributed by atoms with Gasteiger partial charge < -0.3 is 14.6 Å². The molecule has 0 aromatic carbocycles. The van der Waals surface area contributed by atoms with E-state index in [0.717, 1.165) is 0 Å². The van der Waals surface area contributed by atoms with Gasteiger partial charge in [-0.1, -0.05) is 6.92 Å². The predicted molar refractivity (Wildman–Crippen MR) is 74.1 cm³/mol. The van der Waals surface area contributed by atoms with E-state index in [1.54, 1.807) is 20.8 Å². The van der Waals surface area contributed by atoms with Crippen LogP contribution in [0.4, 0.5) is 0 Å². The molecule has 0 spiro atoms. The van der Waals surface area contributed by atoms with Crippen LogP contribution in [0.1, 0.15) is 27.2 Å². The van der Waals surface area contributed by atoms with Gasteiger partial charge in [0.1, 0.15) is 0 Å². The van der Waals surface area contributed by atoms with Crippen molar-refractivity contribution in [3.63, 3.8) is 0 Å². The SMILES string of the molecule is CCOC(=O)C(CC)(C(=O)OCC)C1CS(=O)(=O)CC1O. The third-order valence-electron chi connectivity index (χ3n) is 3.79. The number of carbonyl (C=O) groups excluding carboxylic acids is 2. The monoisotopic (exact) mass is 322 g/mol. The van der Waals surface area contributed by atoms with Crippen LogP contribution >= 0.6 is 0 Å². The van der Waals surface area contributed by atoms with E-state index in [9.17, 15) is 23.1 Å². The molecule has 7 nitrogen and oxygen atoms in total. The summed E-state index contributed by atoms with van der Waals surface area (Å²) in [4.78, 5) is 24.7. The first-order valence-corrected chi connectivity index (χ1v) is 8.80. The molecule has 1 aliphatic rings. The molecule has 1 fully saturated rings. The van der Waals surface area contributed by atoms with Crippen molar-refractivity contribution >= 4 is 21.8 Å². The summed E-state index contributed by atoms with van der Waals surface area (Å²) in [5, 5.41) is 10.0. The maximum atomic E-state index is 12.3. The maximum Gasteiger partial charge on any atom is 0.323 e. The summed E-state index contributed by atoms with van der Waals surface area (Å²) in [5.41, 5.74) is -1.78. The summed E-state index contributed by atoms with van der Waals surface area (Å²) >= 11 is 0. The largest absolute Gasteiger partial charge is 0.465 e. The molecule has 21 heavy (non-hydrogen) atoms. The minimum atomic E-state index is -3.50. The molecule has 1 N–H and O–H groups in total. The zero-order valence-corrected chi connectivity index (χ0v) is 13.3. The number of carbonyl (C=O) groups is 2. The first kappa shape index (κ1) is 17.9. The van der Waals surface area contributed by atoms with E-state index in [2.05, 4.69) is 0 Å². The third-order valence-corrected chi connectivity index (χ3v) is 5.51. The van der Waals surface area contributed by atoms with Gasteiger partial charge in [0.2, 0.25) is 0 Å². The minimum Gasteiger partial charge on any atom is -0.465 e. The van der Waals surface area contributed by atoms with Gasteiger partial charge in [-0.05, 0) is 20.3 Å². The van der Waals surface area contributed by atoms with E-state index in [1.807, 2.05) is 0 Å². The summed E-state index contributed by atoms with van der Waals surface area (Å²) in [7, 11) is -3.50. The fraction of sp³-hybridized carbons (Fsp3) is 0.846. The van der Waals surface area contributed by atoms with Crippen LogP contribution in [0.15, 0.2) is 0 Å². The lowest BCUT2D eigenvalue weighted by atomic mass is 9.71. The second-order valence-electron chi connectivity index (χ2n) is 5.02. The Kier molecular flexibility index (Phi) is 5.75. The zero-order chi connectivity index (χ0) is 16.3. The number of aliphatic hydroxyl groups is 1. The predicted octanol–water partition coefficient (Wildman–Crippen LogP) is -0.0855. The molecule has 2 unspecified atom stereocenters. The molecular weight excluding hydrogens is 300 g/mol. The van der Waals surface area contributed by atoms with E-state index in [-0.39, 0.29) is 19.6 Å². The number of rotatable bonds is 6. The Bertz CT molecular complexity index is 479. The number of aliphatic hydroxyl groups excluding tert-OH is 1. The number of ether oxygens (including phenoxy) is 2. The fourth-order valence-corrected chi connectivity index (χ4v) is 4.70. The van der Waals surface area contributed by atoms with Gasteiger partial charge in [0.05, 0.1) is 30.8 Å². The van der Waals surface area contributed by atoms with Gasteiger partial charge in [-0.3, -0.25) is 9.59 Å². The van der Waals surface area contributed by atoms with E-state index in [4.69, 9.17) is 9.47 Å². The van der Waals surface area contributed by atoms with Crippen molar-refractivity contribution < 1.29 is 32.6 Å². The van der Waals surface area contributed by atoms with E-state index in [0.29, 0.717) is 0 Å². The molecule has 0 radical (unpaired) electrons. The molecule has 2 atom stereocenters. The number of hydrogen-bond donors (Lipinski definition) is 1. The van der Waals surface area contributed by atoms with Crippen LogP contribution in [-0.4, -0.2) is 56.3 Å². The summed E-state index contributed by atoms with van der Waals surface area (Å²) < 4.78 is 33.3. The van der Waals surface area contributed by atoms with Gasteiger partial charge in [0.25, 0.3) is 0 Å². The molecule has 8 heteroatoms. The standard InChI is InChI=1S/C13H22O7S/c1-4-13(11(15)19-5-2,12(16)20-6-3)9-7-21(17,18)8-10(9)14/h9-10,14H,4-8H2,1-3H3. The molecule has 0 amide bonds. The van der Waals surface area contributed by atoms with Gasteiger partial charge in [-0.25, -0.2) is 8.42 Å². The lowest BCUT2D eigenvalue weighted by Gasteiger charge is -2.34. The normalized spacial score (nSPS) is 24.6. The minimum absolute atomic E-state index is 0.00190. The smallest absolute Gasteiger partial charge is 0.323 e. The molecule has 1 saturated heterocycles. The first-order chi connectivity index (χ1) is 9.75. The molecule has 0 aromatic heterocycles. The van der Waals surface area contributed by atoms with Crippen LogP contribution in [0.2, 0.25) is 0 Å². The lowest BCUT2D eigenvalue weighted by molar-refractivity contribution is -0.179. The van der Waals surface area contributed by atoms with Crippen molar-refractivity contribution in [2.45, 2.75) is 33.3 Å². The average Bonchev–Trinajstić information content (AvgIpc) is 2.65. The molecule has 0 saturated carbocycles. The Morgan fingerprint density at radius 1 is 1.10 bits per heavy atom. The Hall–Kier alpha value is -1.15. The van der Waals surface area contributed by atoms with Gasteiger partial charge in [-0.2, -0.15) is 0 Å². The van der Waals surface area contributed by atoms with Gasteiger partial charge in [-0.15, -0.1) is 0 Å². The number of esters is 2. The Balaban J connectivity index is 3.29. The fourth-order valence-electron chi connectivity index (χ4n) is 2.76. The van der Waals surface area contributed by atoms with Crippen LogP contribution in [0, 0.1) is 11.3 Å². The second-order valence-corrected chi connectivity index (χ2v) is 7.17. The van der Waals surface area contributed by atoms with E-state index >= 15 is 0 Å². The van der Waals surface area contributed by atoms with Gasteiger partial charge >= 0.3 is 11.9 Å². The molecule has 0 aliphatic carbocycles. The van der Waals surface area contributed by atoms with Crippen molar-refractivity contribution in [3.05, 3.63) is 0 Å². The highest BCUT2D eigenvalue weighted by atomic mass is 32.2. The van der Waals surface area contributed by atoms with Crippen molar-refractivity contribution in [3.8, 4) is 0 Å². The van der Waals surface area contributed by atoms with Crippen LogP contribution in [-0.2, 0) is 28.9 Å². The first-order valence-electron chi connectivity index (χ1n) is 6.98. The molecule has 1 heterocycles. The highest BCUT2D eigenvalue weighted by molar-refractivity contribution is 7.91. The van der Waals surface area contributed by atoms with Crippen molar-refractivity contribution in [1.29, 1.82) is 0 Å². The molecule has 1 rings (SSSR count). The maximum absolute atomic E-state index is 12.3. The molecule has 0 aromatic rings. The van der Waals surface area contributed by atoms with Crippen LogP contribution in [0.25, 0.3) is 0 Å². The summed E-state index contributed by atoms with van der Waals surface area (Å²) in [6.45, 7) is 4.85. The highest BCUT2D eigenvalue weighted by Crippen LogP contribution is 2.41. The Morgan fingerprint density at radius 2 is 1.57 bits per heavy atom. The highest BCUT2D eigenvalue weighted by Gasteiger charge is 2.59. The van der Waals surface area contributed by atoms with Crippen LogP contribution in [0.3, 0.4) is 0 Å². The summed E-state index contributed by atoms with van der Waals surface area (Å²) in [6.07, 6.45) is -1.29. The van der Waals surface area contributed by atoms with Crippen LogP contribution < -0.4 is 0 Å². The second kappa shape index (κ2) is 6.74. The molecule has 122 valence electrons. The Labute approximate surface area is 124 Å². The average molecular weight is 322 g/mol. The van der Waals surface area contributed by atoms with Crippen molar-refractivity contribution in [2.24, 2.45) is 11.3 Å². The van der Waals surface area contributed by atoms with E-state index < -0.39 is 50.7 Å². The Morgan fingerprint density at radius 3 is 1.86 bits per heavy atom. The topological polar surface area (TPSA) is 107 Å². The quantitative estimate of drug-likeness (QED) is 0.538. The van der Waals surface area contributed by atoms with Gasteiger partial charge in [0, 0.05) is 5.92 Å². The van der Waals surface area contributed by atoms with Crippen LogP contribution in [0.5, 0.6) is 0 Å². The lowest BCUT2D eigenvalue weighted by Crippen LogP contribution is -2.51. The van der Waals surface area contributed by atoms with E-state index in [1.165, 1.54) is 0 Å². The zero-order valence-electron chi connectivity index (χ0n) is 12.5. The van der Waals surface area contributed by atoms with Crippen molar-refractivity contribution in [2.75, 3.05) is 24.7 Å². The molecule has 1 aliphatic heterocycles.